The second-order valence-electron chi connectivity index (χ2n) is 16.4. The van der Waals surface area contributed by atoms with E-state index in [-0.39, 0.29) is 58.9 Å². The Bertz CT molecular complexity index is 2650. The fraction of sp³-hybridized carbons (Fsp3) is 0.292. The van der Waals surface area contributed by atoms with E-state index in [4.69, 9.17) is 19.0 Å². The smallest absolute Gasteiger partial charge is 0.413 e. The summed E-state index contributed by atoms with van der Waals surface area (Å²) in [5.74, 6) is -2.78. The molecule has 0 aliphatic carbocycles. The van der Waals surface area contributed by atoms with Crippen molar-refractivity contribution in [2.24, 2.45) is 5.16 Å². The molecule has 1 saturated heterocycles. The zero-order valence-corrected chi connectivity index (χ0v) is 39.5. The van der Waals surface area contributed by atoms with Gasteiger partial charge in [0, 0.05) is 34.4 Å². The fourth-order valence-corrected chi connectivity index (χ4v) is 11.0. The van der Waals surface area contributed by atoms with Crippen LogP contribution in [0, 0.1) is 0 Å². The van der Waals surface area contributed by atoms with Gasteiger partial charge in [-0.3, -0.25) is 19.8 Å². The highest BCUT2D eigenvalue weighted by atomic mass is 32.2. The maximum Gasteiger partial charge on any atom is 0.413 e. The van der Waals surface area contributed by atoms with Crippen LogP contribution < -0.4 is 15.4 Å². The van der Waals surface area contributed by atoms with Gasteiger partial charge in [0.05, 0.1) is 18.6 Å². The molecule has 5 aromatic rings. The number of methoxy groups -OCH3 is 1. The van der Waals surface area contributed by atoms with Crippen molar-refractivity contribution in [3.05, 3.63) is 160 Å². The number of oxime groups is 1. The second kappa shape index (κ2) is 21.0. The van der Waals surface area contributed by atoms with E-state index in [9.17, 15) is 32.7 Å². The standard InChI is InChI=1S/C48H49N5O11S3/c1-47(2,3)63-46(58)51-45-49-37(29-66-45)38(52-64-48(33-15-8-5-9-16-33,34-17-10-6-11-18-34)35-19-12-7-13-20-35)41(55)50-39-42(56)53-40(44(57)62-27-31-21-23-36(61-4)24-22-31)32(28-65-43(39)53)30-67(59,60)26-14-25-54/h5-13,15-24,29,39,43,54H,14,25-28,30H2,1-4H3,(H,50,55)(H,49,51,58)/b52-38-/t39?,43-/m1/s1. The van der Waals surface area contributed by atoms with E-state index in [1.54, 1.807) is 45.0 Å². The molecule has 7 rings (SSSR count). The first-order valence-electron chi connectivity index (χ1n) is 21.1. The number of amides is 3. The quantitative estimate of drug-likeness (QED) is 0.0285. The summed E-state index contributed by atoms with van der Waals surface area (Å²) in [4.78, 5) is 68.0. The highest BCUT2D eigenvalue weighted by molar-refractivity contribution is 8.00. The Morgan fingerprint density at radius 2 is 1.49 bits per heavy atom. The van der Waals surface area contributed by atoms with Gasteiger partial charge in [-0.25, -0.2) is 23.0 Å². The number of nitrogens with zero attached hydrogens (tertiary/aromatic N) is 3. The highest BCUT2D eigenvalue weighted by Gasteiger charge is 2.55. The average Bonchev–Trinajstić information content (AvgIpc) is 3.78. The van der Waals surface area contributed by atoms with E-state index in [0.29, 0.717) is 28.0 Å². The van der Waals surface area contributed by atoms with Gasteiger partial charge in [0.2, 0.25) is 5.60 Å². The topological polar surface area (TPSA) is 212 Å². The summed E-state index contributed by atoms with van der Waals surface area (Å²) in [7, 11) is -2.30. The number of aromatic nitrogens is 1. The molecule has 0 bridgehead atoms. The third kappa shape index (κ3) is 11.4. The summed E-state index contributed by atoms with van der Waals surface area (Å²) < 4.78 is 42.6. The van der Waals surface area contributed by atoms with Crippen LogP contribution in [-0.4, -0.2) is 101 Å². The lowest BCUT2D eigenvalue weighted by Gasteiger charge is -2.49. The van der Waals surface area contributed by atoms with Crippen LogP contribution in [0.1, 0.15) is 55.1 Å². The van der Waals surface area contributed by atoms with Gasteiger partial charge >= 0.3 is 12.1 Å². The number of sulfone groups is 1. The summed E-state index contributed by atoms with van der Waals surface area (Å²) in [6, 6.07) is 33.6. The summed E-state index contributed by atoms with van der Waals surface area (Å²) in [5, 5.41) is 20.0. The predicted octanol–water partition coefficient (Wildman–Crippen LogP) is 6.41. The Balaban J connectivity index is 1.23. The van der Waals surface area contributed by atoms with E-state index in [2.05, 4.69) is 20.8 Å². The van der Waals surface area contributed by atoms with Crippen molar-refractivity contribution in [2.45, 2.75) is 56.4 Å². The molecule has 3 heterocycles. The number of hydrogen-bond donors (Lipinski definition) is 3. The Morgan fingerprint density at radius 3 is 2.04 bits per heavy atom. The van der Waals surface area contributed by atoms with Crippen molar-refractivity contribution < 1.29 is 51.8 Å². The molecule has 2 atom stereocenters. The van der Waals surface area contributed by atoms with Gasteiger partial charge in [-0.1, -0.05) is 108 Å². The maximum atomic E-state index is 14.7. The number of aliphatic hydroxyl groups is 1. The molecule has 16 nitrogen and oxygen atoms in total. The van der Waals surface area contributed by atoms with Crippen molar-refractivity contribution in [1.29, 1.82) is 0 Å². The average molecular weight is 968 g/mol. The zero-order valence-electron chi connectivity index (χ0n) is 37.0. The van der Waals surface area contributed by atoms with Crippen LogP contribution in [0.2, 0.25) is 0 Å². The van der Waals surface area contributed by atoms with Crippen LogP contribution in [0.5, 0.6) is 5.75 Å². The van der Waals surface area contributed by atoms with E-state index in [1.807, 2.05) is 91.0 Å². The number of thiazole rings is 1. The second-order valence-corrected chi connectivity index (χ2v) is 20.5. The minimum atomic E-state index is -3.82. The number of ether oxygens (including phenoxy) is 3. The van der Waals surface area contributed by atoms with Crippen LogP contribution in [0.25, 0.3) is 0 Å². The van der Waals surface area contributed by atoms with Crippen molar-refractivity contribution in [3.8, 4) is 5.75 Å². The number of carbonyl (C=O) groups is 4. The number of anilines is 1. The largest absolute Gasteiger partial charge is 0.497 e. The van der Waals surface area contributed by atoms with Crippen molar-refractivity contribution in [2.75, 3.05) is 36.3 Å². The van der Waals surface area contributed by atoms with E-state index < -0.39 is 62.1 Å². The molecule has 0 spiro atoms. The van der Waals surface area contributed by atoms with Crippen LogP contribution in [0.4, 0.5) is 9.93 Å². The van der Waals surface area contributed by atoms with Gasteiger partial charge in [-0.2, -0.15) is 0 Å². The monoisotopic (exact) mass is 967 g/mol. The number of esters is 1. The SMILES string of the molecule is COc1ccc(COC(=O)C2=C(CS(=O)(=O)CCCO)CS[C@@H]3C(NC(=O)/C(=N\OC(c4ccccc4)(c4ccccc4)c4ccccc4)c4csc(NC(=O)OC(C)(C)C)n4)C(=O)N23)cc1. The van der Waals surface area contributed by atoms with Crippen LogP contribution in [0.3, 0.4) is 0 Å². The first-order valence-corrected chi connectivity index (χ1v) is 24.8. The number of carbonyl (C=O) groups excluding carboxylic acids is 4. The lowest BCUT2D eigenvalue weighted by Crippen LogP contribution is -2.71. The predicted molar refractivity (Wildman–Crippen MR) is 254 cm³/mol. The lowest BCUT2D eigenvalue weighted by molar-refractivity contribution is -0.153. The number of fused-ring (bicyclic) bond motifs is 1. The molecule has 0 radical (unpaired) electrons. The fourth-order valence-electron chi connectivity index (χ4n) is 7.38. The first-order chi connectivity index (χ1) is 32.1. The van der Waals surface area contributed by atoms with Crippen LogP contribution >= 0.6 is 23.1 Å². The normalized spacial score (nSPS) is 16.3. The Morgan fingerprint density at radius 1 is 0.896 bits per heavy atom. The van der Waals surface area contributed by atoms with Gasteiger partial charge in [-0.15, -0.1) is 23.1 Å². The third-order valence-corrected chi connectivity index (χ3v) is 14.2. The van der Waals surface area contributed by atoms with Crippen molar-refractivity contribution in [3.63, 3.8) is 0 Å². The molecule has 350 valence electrons. The zero-order chi connectivity index (χ0) is 47.8. The van der Waals surface area contributed by atoms with Gasteiger partial charge in [0.1, 0.15) is 40.8 Å². The first kappa shape index (κ1) is 48.4. The molecule has 3 amide bonds. The number of β-lactam (4-membered cyclic amide) rings is 1. The number of hydrogen-bond acceptors (Lipinski definition) is 15. The number of nitrogens with one attached hydrogen (secondary N) is 2. The van der Waals surface area contributed by atoms with E-state index in [1.165, 1.54) is 12.5 Å². The molecule has 67 heavy (non-hydrogen) atoms. The number of rotatable bonds is 18. The molecular weight excluding hydrogens is 919 g/mol. The highest BCUT2D eigenvalue weighted by Crippen LogP contribution is 2.43. The molecule has 0 saturated carbocycles. The molecule has 2 aliphatic heterocycles. The van der Waals surface area contributed by atoms with Gasteiger partial charge in [0.25, 0.3) is 11.8 Å². The van der Waals surface area contributed by atoms with Gasteiger partial charge in [0.15, 0.2) is 20.7 Å². The summed E-state index contributed by atoms with van der Waals surface area (Å²) in [5.41, 5.74) is -0.0139. The van der Waals surface area contributed by atoms with E-state index >= 15 is 0 Å². The molecule has 1 aromatic heterocycles. The summed E-state index contributed by atoms with van der Waals surface area (Å²) >= 11 is 2.16. The van der Waals surface area contributed by atoms with Crippen LogP contribution in [0.15, 0.2) is 137 Å². The van der Waals surface area contributed by atoms with Crippen molar-refractivity contribution >= 4 is 67.7 Å². The lowest BCUT2D eigenvalue weighted by atomic mass is 9.80. The molecule has 4 aromatic carbocycles. The molecule has 19 heteroatoms. The molecular formula is C48H49N5O11S3. The molecule has 1 unspecified atom stereocenters. The molecule has 3 N–H and O–H groups in total. The third-order valence-electron chi connectivity index (χ3n) is 10.4. The van der Waals surface area contributed by atoms with Crippen LogP contribution in [-0.2, 0) is 50.7 Å². The minimum Gasteiger partial charge on any atom is -0.497 e. The molecule has 1 fully saturated rings. The van der Waals surface area contributed by atoms with Crippen molar-refractivity contribution in [1.82, 2.24) is 15.2 Å². The Hall–Kier alpha value is -6.54. The Kier molecular flexibility index (Phi) is 15.1. The number of benzene rings is 4. The summed E-state index contributed by atoms with van der Waals surface area (Å²) in [6.45, 7) is 4.60. The maximum absolute atomic E-state index is 14.7. The minimum absolute atomic E-state index is 0.00497. The van der Waals surface area contributed by atoms with Gasteiger partial charge < -0.3 is 29.5 Å². The Labute approximate surface area is 396 Å². The number of thioether (sulfide) groups is 1. The molecule has 2 aliphatic rings. The van der Waals surface area contributed by atoms with Gasteiger partial charge in [-0.05, 0) is 50.5 Å². The van der Waals surface area contributed by atoms with E-state index in [0.717, 1.165) is 28.0 Å². The number of aliphatic hydroxyl groups excluding tert-OH is 1. The summed E-state index contributed by atoms with van der Waals surface area (Å²) in [6.07, 6.45) is -0.779.